The minimum atomic E-state index is -0.675. The fraction of sp³-hybridized carbons (Fsp3) is 0.0800. The fourth-order valence-corrected chi connectivity index (χ4v) is 2.98. The van der Waals surface area contributed by atoms with Crippen molar-refractivity contribution in [3.63, 3.8) is 0 Å². The van der Waals surface area contributed by atoms with E-state index in [2.05, 4.69) is 36.7 Å². The van der Waals surface area contributed by atoms with Gasteiger partial charge in [0.1, 0.15) is 11.4 Å². The highest BCUT2D eigenvalue weighted by Gasteiger charge is 2.14. The molecule has 1 aromatic heterocycles. The number of carbonyl (C=O) groups excluding carboxylic acids is 4. The first kappa shape index (κ1) is 28.0. The Morgan fingerprint density at radius 1 is 0.658 bits per heavy atom. The molecular formula is C25H21Cl2N7O4. The van der Waals surface area contributed by atoms with Crippen LogP contribution >= 0.6 is 23.2 Å². The smallest absolute Gasteiger partial charge is 0.270 e. The van der Waals surface area contributed by atoms with Crippen LogP contribution in [0.25, 0.3) is 0 Å². The monoisotopic (exact) mass is 553 g/mol. The number of pyridine rings is 1. The molecule has 0 spiro atoms. The fourth-order valence-electron chi connectivity index (χ4n) is 2.72. The number of carbonyl (C=O) groups is 4. The highest BCUT2D eigenvalue weighted by atomic mass is 35.5. The van der Waals surface area contributed by atoms with Crippen LogP contribution in [0.2, 0.25) is 10.0 Å². The van der Waals surface area contributed by atoms with Crippen LogP contribution in [0.15, 0.2) is 76.9 Å². The summed E-state index contributed by atoms with van der Waals surface area (Å²) in [4.78, 5) is 52.5. The van der Waals surface area contributed by atoms with Crippen molar-refractivity contribution in [2.45, 2.75) is 0 Å². The Bertz CT molecular complexity index is 1260. The Morgan fingerprint density at radius 3 is 1.45 bits per heavy atom. The molecule has 0 aliphatic heterocycles. The number of nitrogens with zero attached hydrogens (tertiary/aromatic N) is 3. The number of hydrazone groups is 2. The highest BCUT2D eigenvalue weighted by Crippen LogP contribution is 2.08. The molecule has 1 heterocycles. The van der Waals surface area contributed by atoms with Gasteiger partial charge in [0.15, 0.2) is 0 Å². The molecule has 2 aromatic carbocycles. The molecule has 38 heavy (non-hydrogen) atoms. The number of halogens is 2. The summed E-state index contributed by atoms with van der Waals surface area (Å²) in [6, 6.07) is 17.8. The number of benzene rings is 2. The Hall–Kier alpha value is -4.61. The van der Waals surface area contributed by atoms with Gasteiger partial charge in [0.05, 0.1) is 25.5 Å². The van der Waals surface area contributed by atoms with Crippen LogP contribution in [-0.2, 0) is 9.59 Å². The molecule has 11 nitrogen and oxygen atoms in total. The van der Waals surface area contributed by atoms with Crippen LogP contribution in [-0.4, -0.2) is 54.1 Å². The average Bonchev–Trinajstić information content (AvgIpc) is 2.92. The van der Waals surface area contributed by atoms with E-state index in [1.165, 1.54) is 30.6 Å². The zero-order chi connectivity index (χ0) is 27.3. The summed E-state index contributed by atoms with van der Waals surface area (Å²) in [5.41, 5.74) is 5.83. The van der Waals surface area contributed by atoms with Crippen LogP contribution < -0.4 is 21.5 Å². The summed E-state index contributed by atoms with van der Waals surface area (Å²) in [6.07, 6.45) is 2.85. The van der Waals surface area contributed by atoms with E-state index in [-0.39, 0.29) is 24.5 Å². The van der Waals surface area contributed by atoms with E-state index in [9.17, 15) is 19.2 Å². The summed E-state index contributed by atoms with van der Waals surface area (Å²) in [5, 5.41) is 13.5. The van der Waals surface area contributed by atoms with Crippen molar-refractivity contribution in [1.82, 2.24) is 26.5 Å². The Morgan fingerprint density at radius 2 is 1.05 bits per heavy atom. The van der Waals surface area contributed by atoms with E-state index in [0.717, 1.165) is 11.1 Å². The first-order valence-electron chi connectivity index (χ1n) is 11.0. The summed E-state index contributed by atoms with van der Waals surface area (Å²) < 4.78 is 0. The normalized spacial score (nSPS) is 10.8. The van der Waals surface area contributed by atoms with E-state index >= 15 is 0 Å². The van der Waals surface area contributed by atoms with Crippen LogP contribution in [0.1, 0.15) is 32.1 Å². The third-order valence-electron chi connectivity index (χ3n) is 4.58. The van der Waals surface area contributed by atoms with Gasteiger partial charge in [0.2, 0.25) is 0 Å². The number of amides is 4. The zero-order valence-electron chi connectivity index (χ0n) is 19.7. The number of rotatable bonds is 10. The largest absolute Gasteiger partial charge is 0.342 e. The zero-order valence-corrected chi connectivity index (χ0v) is 21.2. The van der Waals surface area contributed by atoms with Gasteiger partial charge in [0.25, 0.3) is 23.6 Å². The van der Waals surface area contributed by atoms with Crippen molar-refractivity contribution >= 4 is 59.3 Å². The van der Waals surface area contributed by atoms with Gasteiger partial charge in [-0.2, -0.15) is 10.2 Å². The van der Waals surface area contributed by atoms with Crippen molar-refractivity contribution in [3.8, 4) is 0 Å². The van der Waals surface area contributed by atoms with Gasteiger partial charge < -0.3 is 10.6 Å². The Labute approximate surface area is 227 Å². The maximum atomic E-state index is 12.3. The third kappa shape index (κ3) is 9.45. The quantitative estimate of drug-likeness (QED) is 0.223. The Balaban J connectivity index is 1.42. The second-order valence-electron chi connectivity index (χ2n) is 7.46. The van der Waals surface area contributed by atoms with E-state index in [0.29, 0.717) is 10.0 Å². The molecule has 3 aromatic rings. The van der Waals surface area contributed by atoms with Crippen molar-refractivity contribution in [1.29, 1.82) is 0 Å². The standard InChI is InChI=1S/C25H21Cl2N7O4/c26-18-8-4-16(5-9-18)12-30-33-22(35)14-28-24(37)20-2-1-3-21(32-20)25(38)29-15-23(36)34-31-13-17-6-10-19(27)11-7-17/h1-13H,14-15H2,(H,28,37)(H,29,38)(H,33,35)(H,34,36)/b30-12+,31-13+. The minimum absolute atomic E-state index is 0.0906. The molecule has 194 valence electrons. The maximum Gasteiger partial charge on any atom is 0.270 e. The molecule has 0 aliphatic carbocycles. The first-order chi connectivity index (χ1) is 18.3. The molecule has 0 saturated carbocycles. The molecule has 0 aliphatic rings. The van der Waals surface area contributed by atoms with E-state index in [1.54, 1.807) is 48.5 Å². The summed E-state index contributed by atoms with van der Waals surface area (Å²) in [5.74, 6) is -2.49. The van der Waals surface area contributed by atoms with Crippen LogP contribution in [0.3, 0.4) is 0 Å². The lowest BCUT2D eigenvalue weighted by molar-refractivity contribution is -0.120. The predicted octanol–water partition coefficient (Wildman–Crippen LogP) is 2.15. The molecule has 4 N–H and O–H groups in total. The lowest BCUT2D eigenvalue weighted by Crippen LogP contribution is -2.36. The number of nitrogens with one attached hydrogen (secondary N) is 4. The molecule has 0 bridgehead atoms. The number of hydrogen-bond donors (Lipinski definition) is 4. The molecule has 0 unspecified atom stereocenters. The molecule has 0 fully saturated rings. The molecule has 13 heteroatoms. The van der Waals surface area contributed by atoms with Gasteiger partial charge >= 0.3 is 0 Å². The summed E-state index contributed by atoms with van der Waals surface area (Å²) >= 11 is 11.6. The SMILES string of the molecule is O=C(CNC(=O)c1cccc(C(=O)NCC(=O)N/N=C/c2ccc(Cl)cc2)n1)N/N=C/c1ccc(Cl)cc1. The van der Waals surface area contributed by atoms with Gasteiger partial charge in [-0.3, -0.25) is 19.2 Å². The average molecular weight is 554 g/mol. The molecule has 4 amide bonds. The van der Waals surface area contributed by atoms with E-state index < -0.39 is 23.6 Å². The molecule has 0 saturated heterocycles. The van der Waals surface area contributed by atoms with Gasteiger partial charge in [-0.1, -0.05) is 53.5 Å². The number of aromatic nitrogens is 1. The molecular weight excluding hydrogens is 533 g/mol. The van der Waals surface area contributed by atoms with Gasteiger partial charge in [-0.05, 0) is 47.5 Å². The van der Waals surface area contributed by atoms with E-state index in [4.69, 9.17) is 23.2 Å². The minimum Gasteiger partial charge on any atom is -0.342 e. The maximum absolute atomic E-state index is 12.3. The van der Waals surface area contributed by atoms with Crippen LogP contribution in [0, 0.1) is 0 Å². The van der Waals surface area contributed by atoms with Gasteiger partial charge in [-0.25, -0.2) is 15.8 Å². The van der Waals surface area contributed by atoms with E-state index in [1.807, 2.05) is 0 Å². The van der Waals surface area contributed by atoms with Crippen molar-refractivity contribution in [3.05, 3.63) is 99.3 Å². The molecule has 0 atom stereocenters. The molecule has 3 rings (SSSR count). The summed E-state index contributed by atoms with van der Waals surface area (Å²) in [6.45, 7) is -0.739. The first-order valence-corrected chi connectivity index (χ1v) is 11.7. The van der Waals surface area contributed by atoms with Crippen molar-refractivity contribution < 1.29 is 19.2 Å². The number of hydrogen-bond acceptors (Lipinski definition) is 7. The molecule has 0 radical (unpaired) electrons. The predicted molar refractivity (Wildman–Crippen MR) is 143 cm³/mol. The highest BCUT2D eigenvalue weighted by molar-refractivity contribution is 6.30. The van der Waals surface area contributed by atoms with Gasteiger partial charge in [0, 0.05) is 10.0 Å². The third-order valence-corrected chi connectivity index (χ3v) is 5.08. The lowest BCUT2D eigenvalue weighted by Gasteiger charge is -2.07. The van der Waals surface area contributed by atoms with Gasteiger partial charge in [-0.15, -0.1) is 0 Å². The summed E-state index contributed by atoms with van der Waals surface area (Å²) in [7, 11) is 0. The van der Waals surface area contributed by atoms with Crippen molar-refractivity contribution in [2.24, 2.45) is 10.2 Å². The van der Waals surface area contributed by atoms with Crippen molar-refractivity contribution in [2.75, 3.05) is 13.1 Å². The van der Waals surface area contributed by atoms with Crippen LogP contribution in [0.5, 0.6) is 0 Å². The lowest BCUT2D eigenvalue weighted by atomic mass is 10.2. The second-order valence-corrected chi connectivity index (χ2v) is 8.34. The Kier molecular flexibility index (Phi) is 10.5. The second kappa shape index (κ2) is 14.2. The van der Waals surface area contributed by atoms with Crippen LogP contribution in [0.4, 0.5) is 0 Å². The topological polar surface area (TPSA) is 154 Å².